The van der Waals surface area contributed by atoms with Gasteiger partial charge in [-0.1, -0.05) is 55.9 Å². The molecule has 1 aliphatic carbocycles. The van der Waals surface area contributed by atoms with Crippen molar-refractivity contribution in [2.24, 2.45) is 11.8 Å². The summed E-state index contributed by atoms with van der Waals surface area (Å²) in [5.74, 6) is 1.41. The van der Waals surface area contributed by atoms with Crippen molar-refractivity contribution in [3.8, 4) is 0 Å². The van der Waals surface area contributed by atoms with Crippen LogP contribution in [0.3, 0.4) is 0 Å². The first-order valence-electron chi connectivity index (χ1n) is 11.1. The fourth-order valence-corrected chi connectivity index (χ4v) is 4.86. The Kier molecular flexibility index (Phi) is 9.37. The van der Waals surface area contributed by atoms with Gasteiger partial charge in [0.25, 0.3) is 0 Å². The van der Waals surface area contributed by atoms with Gasteiger partial charge >= 0.3 is 0 Å². The van der Waals surface area contributed by atoms with Crippen LogP contribution in [-0.2, 0) is 9.59 Å². The van der Waals surface area contributed by atoms with E-state index in [4.69, 9.17) is 0 Å². The second-order valence-corrected chi connectivity index (χ2v) is 9.00. The lowest BCUT2D eigenvalue weighted by atomic mass is 9.76. The van der Waals surface area contributed by atoms with Crippen LogP contribution in [0.1, 0.15) is 44.1 Å². The van der Waals surface area contributed by atoms with Crippen molar-refractivity contribution in [1.29, 1.82) is 0 Å². The molecular formula is C24H32N4O2S. The molecule has 1 aromatic heterocycles. The van der Waals surface area contributed by atoms with E-state index in [0.717, 1.165) is 29.6 Å². The predicted octanol–water partition coefficient (Wildman–Crippen LogP) is 4.33. The number of anilines is 1. The van der Waals surface area contributed by atoms with Crippen LogP contribution < -0.4 is 15.4 Å². The highest BCUT2D eigenvalue weighted by atomic mass is 32.2. The van der Waals surface area contributed by atoms with E-state index in [1.54, 1.807) is 6.20 Å². The van der Waals surface area contributed by atoms with Crippen LogP contribution in [-0.4, -0.2) is 29.9 Å². The highest BCUT2D eigenvalue weighted by molar-refractivity contribution is 7.97. The fraction of sp³-hybridized carbons (Fsp3) is 0.458. The Morgan fingerprint density at radius 2 is 1.87 bits per heavy atom. The summed E-state index contributed by atoms with van der Waals surface area (Å²) in [6, 6.07) is 13.5. The number of aryl methyl sites for hydroxylation is 1. The van der Waals surface area contributed by atoms with Crippen molar-refractivity contribution in [1.82, 2.24) is 15.0 Å². The van der Waals surface area contributed by atoms with Crippen molar-refractivity contribution < 1.29 is 9.59 Å². The molecule has 1 saturated heterocycles. The molecule has 0 bridgehead atoms. The SMILES string of the molecule is Cc1ccc(NC(=O)C2NCCC2C2CCCCC2)cc1.O=CNSc1ccccn1. The minimum absolute atomic E-state index is 0.00518. The molecule has 1 aromatic carbocycles. The van der Waals surface area contributed by atoms with Gasteiger partial charge in [0.15, 0.2) is 0 Å². The molecule has 2 atom stereocenters. The average Bonchev–Trinajstić information content (AvgIpc) is 3.31. The van der Waals surface area contributed by atoms with E-state index in [-0.39, 0.29) is 11.9 Å². The smallest absolute Gasteiger partial charge is 0.241 e. The maximum absolute atomic E-state index is 12.6. The summed E-state index contributed by atoms with van der Waals surface area (Å²) in [7, 11) is 0. The number of benzene rings is 1. The summed E-state index contributed by atoms with van der Waals surface area (Å²) in [4.78, 5) is 26.4. The molecule has 31 heavy (non-hydrogen) atoms. The van der Waals surface area contributed by atoms with E-state index in [0.29, 0.717) is 12.3 Å². The first kappa shape index (κ1) is 23.3. The van der Waals surface area contributed by atoms with Gasteiger partial charge in [-0.15, -0.1) is 0 Å². The number of nitrogens with zero attached hydrogens (tertiary/aromatic N) is 1. The second-order valence-electron chi connectivity index (χ2n) is 8.14. The predicted molar refractivity (Wildman–Crippen MR) is 126 cm³/mol. The highest BCUT2D eigenvalue weighted by Crippen LogP contribution is 2.36. The van der Waals surface area contributed by atoms with Gasteiger partial charge in [-0.2, -0.15) is 0 Å². The Labute approximate surface area is 189 Å². The van der Waals surface area contributed by atoms with Crippen molar-refractivity contribution in [3.63, 3.8) is 0 Å². The molecule has 166 valence electrons. The van der Waals surface area contributed by atoms with Crippen LogP contribution in [0, 0.1) is 18.8 Å². The standard InChI is InChI=1S/C18H26N2O.C6H6N2OS/c1-13-7-9-15(10-8-13)20-18(21)17-16(11-12-19-17)14-5-3-2-4-6-14;9-5-8-10-6-3-1-2-4-7-6/h7-10,14,16-17,19H,2-6,11-12H2,1H3,(H,20,21);1-5H,(H,8,9). The Balaban J connectivity index is 0.000000229. The zero-order valence-electron chi connectivity index (χ0n) is 18.0. The number of aromatic nitrogens is 1. The molecule has 2 aromatic rings. The average molecular weight is 441 g/mol. The van der Waals surface area contributed by atoms with E-state index in [1.807, 2.05) is 42.5 Å². The van der Waals surface area contributed by atoms with Crippen molar-refractivity contribution in [3.05, 3.63) is 54.2 Å². The quantitative estimate of drug-likeness (QED) is 0.460. The Hall–Kier alpha value is -2.38. The minimum atomic E-state index is -0.00518. The molecule has 0 spiro atoms. The molecule has 7 heteroatoms. The number of hydrogen-bond acceptors (Lipinski definition) is 5. The number of carbonyl (C=O) groups is 2. The molecule has 2 fully saturated rings. The number of nitrogens with one attached hydrogen (secondary N) is 3. The van der Waals surface area contributed by atoms with Crippen LogP contribution in [0.2, 0.25) is 0 Å². The molecule has 1 saturated carbocycles. The zero-order valence-corrected chi connectivity index (χ0v) is 18.9. The minimum Gasteiger partial charge on any atom is -0.325 e. The largest absolute Gasteiger partial charge is 0.325 e. The van der Waals surface area contributed by atoms with Crippen molar-refractivity contribution in [2.45, 2.75) is 56.5 Å². The fourth-order valence-electron chi connectivity index (χ4n) is 4.43. The number of carbonyl (C=O) groups excluding carboxylic acids is 2. The third-order valence-electron chi connectivity index (χ3n) is 5.98. The first-order valence-corrected chi connectivity index (χ1v) is 11.9. The van der Waals surface area contributed by atoms with Gasteiger partial charge < -0.3 is 10.6 Å². The van der Waals surface area contributed by atoms with Crippen LogP contribution in [0.5, 0.6) is 0 Å². The highest BCUT2D eigenvalue weighted by Gasteiger charge is 2.38. The summed E-state index contributed by atoms with van der Waals surface area (Å²) in [6.45, 7) is 3.04. The van der Waals surface area contributed by atoms with Gasteiger partial charge in [-0.05, 0) is 56.0 Å². The lowest BCUT2D eigenvalue weighted by molar-refractivity contribution is -0.119. The first-order chi connectivity index (χ1) is 15.2. The van der Waals surface area contributed by atoms with Crippen molar-refractivity contribution in [2.75, 3.05) is 11.9 Å². The third kappa shape index (κ3) is 7.36. The number of pyridine rings is 1. The Bertz CT molecular complexity index is 810. The van der Waals surface area contributed by atoms with E-state index in [9.17, 15) is 9.59 Å². The summed E-state index contributed by atoms with van der Waals surface area (Å²) < 4.78 is 2.44. The molecule has 6 nitrogen and oxygen atoms in total. The maximum atomic E-state index is 12.6. The van der Waals surface area contributed by atoms with Crippen molar-refractivity contribution >= 4 is 30.0 Å². The number of rotatable bonds is 6. The molecule has 2 amide bonds. The number of amides is 2. The molecule has 1 aliphatic heterocycles. The Morgan fingerprint density at radius 1 is 1.10 bits per heavy atom. The summed E-state index contributed by atoms with van der Waals surface area (Å²) in [5.41, 5.74) is 2.12. The summed E-state index contributed by atoms with van der Waals surface area (Å²) >= 11 is 1.19. The molecular weight excluding hydrogens is 408 g/mol. The Morgan fingerprint density at radius 3 is 2.55 bits per heavy atom. The van der Waals surface area contributed by atoms with E-state index in [2.05, 4.69) is 27.3 Å². The molecule has 3 N–H and O–H groups in total. The van der Waals surface area contributed by atoms with Gasteiger partial charge in [0.05, 0.1) is 6.04 Å². The van der Waals surface area contributed by atoms with E-state index in [1.165, 1.54) is 49.6 Å². The zero-order chi connectivity index (χ0) is 21.9. The molecule has 2 aliphatic rings. The molecule has 2 unspecified atom stereocenters. The monoisotopic (exact) mass is 440 g/mol. The van der Waals surface area contributed by atoms with Crippen LogP contribution in [0.4, 0.5) is 5.69 Å². The molecule has 2 heterocycles. The lowest BCUT2D eigenvalue weighted by Gasteiger charge is -2.30. The third-order valence-corrected chi connectivity index (χ3v) is 6.64. The lowest BCUT2D eigenvalue weighted by Crippen LogP contribution is -2.42. The topological polar surface area (TPSA) is 83.1 Å². The normalized spacial score (nSPS) is 20.9. The molecule has 4 rings (SSSR count). The maximum Gasteiger partial charge on any atom is 0.241 e. The van der Waals surface area contributed by atoms with Crippen LogP contribution >= 0.6 is 11.9 Å². The number of hydrogen-bond donors (Lipinski definition) is 3. The van der Waals surface area contributed by atoms with Crippen LogP contribution in [0.15, 0.2) is 53.7 Å². The molecule has 0 radical (unpaired) electrons. The van der Waals surface area contributed by atoms with Gasteiger partial charge in [-0.25, -0.2) is 4.98 Å². The van der Waals surface area contributed by atoms with Gasteiger partial charge in [0.1, 0.15) is 5.03 Å². The van der Waals surface area contributed by atoms with E-state index < -0.39 is 0 Å². The summed E-state index contributed by atoms with van der Waals surface area (Å²) in [6.07, 6.45) is 10.1. The van der Waals surface area contributed by atoms with Gasteiger partial charge in [-0.3, -0.25) is 14.3 Å². The van der Waals surface area contributed by atoms with Crippen LogP contribution in [0.25, 0.3) is 0 Å². The second kappa shape index (κ2) is 12.5. The van der Waals surface area contributed by atoms with E-state index >= 15 is 0 Å². The van der Waals surface area contributed by atoms with Gasteiger partial charge in [0, 0.05) is 23.8 Å². The van der Waals surface area contributed by atoms with Gasteiger partial charge in [0.2, 0.25) is 12.3 Å². The summed E-state index contributed by atoms with van der Waals surface area (Å²) in [5, 5.41) is 7.29.